The second-order valence-corrected chi connectivity index (χ2v) is 5.57. The molecular formula is C15H22N4O5. The molecule has 0 aliphatic carbocycles. The van der Waals surface area contributed by atoms with Crippen molar-refractivity contribution in [2.24, 2.45) is 5.10 Å². The van der Waals surface area contributed by atoms with Crippen molar-refractivity contribution in [2.75, 3.05) is 26.2 Å². The highest BCUT2D eigenvalue weighted by Gasteiger charge is 2.32. The van der Waals surface area contributed by atoms with Gasteiger partial charge in [0.1, 0.15) is 11.0 Å². The molecule has 1 amide bonds. The number of nitrogens with zero attached hydrogens (tertiary/aromatic N) is 4. The molecule has 1 fully saturated rings. The predicted octanol–water partition coefficient (Wildman–Crippen LogP) is 2.46. The van der Waals surface area contributed by atoms with Crippen LogP contribution in [-0.2, 0) is 4.74 Å². The van der Waals surface area contributed by atoms with E-state index < -0.39 is 11.0 Å². The third-order valence-electron chi connectivity index (χ3n) is 3.51. The largest absolute Gasteiger partial charge is 0.441 e. The molecule has 0 radical (unpaired) electrons. The van der Waals surface area contributed by atoms with E-state index in [1.807, 2.05) is 0 Å². The Labute approximate surface area is 140 Å². The Kier molecular flexibility index (Phi) is 6.30. The summed E-state index contributed by atoms with van der Waals surface area (Å²) in [6.07, 6.45) is 2.59. The number of hydrogen-bond acceptors (Lipinski definition) is 7. The zero-order valence-corrected chi connectivity index (χ0v) is 13.9. The number of carbonyl (C=O) groups excluding carboxylic acids is 1. The normalized spacial score (nSPS) is 17.9. The van der Waals surface area contributed by atoms with Crippen LogP contribution in [0.5, 0.6) is 0 Å². The van der Waals surface area contributed by atoms with Gasteiger partial charge in [0.05, 0.1) is 18.8 Å². The smallest absolute Gasteiger partial charge is 0.433 e. The fourth-order valence-electron chi connectivity index (χ4n) is 2.55. The quantitative estimate of drug-likeness (QED) is 0.389. The van der Waals surface area contributed by atoms with Crippen LogP contribution < -0.4 is 0 Å². The predicted molar refractivity (Wildman–Crippen MR) is 87.0 cm³/mol. The first-order chi connectivity index (χ1) is 11.5. The fourth-order valence-corrected chi connectivity index (χ4v) is 2.55. The van der Waals surface area contributed by atoms with E-state index in [0.29, 0.717) is 13.1 Å². The molecule has 0 unspecified atom stereocenters. The van der Waals surface area contributed by atoms with Gasteiger partial charge in [-0.2, -0.15) is 10.1 Å². The van der Waals surface area contributed by atoms with Crippen molar-refractivity contribution in [2.45, 2.75) is 32.8 Å². The molecule has 2 heterocycles. The molecule has 24 heavy (non-hydrogen) atoms. The van der Waals surface area contributed by atoms with Gasteiger partial charge in [-0.25, -0.2) is 4.79 Å². The van der Waals surface area contributed by atoms with E-state index in [0.717, 1.165) is 25.9 Å². The van der Waals surface area contributed by atoms with E-state index in [4.69, 9.17) is 9.15 Å². The minimum Gasteiger partial charge on any atom is -0.441 e. The van der Waals surface area contributed by atoms with Gasteiger partial charge < -0.3 is 9.15 Å². The highest BCUT2D eigenvalue weighted by atomic mass is 16.6. The van der Waals surface area contributed by atoms with Crippen molar-refractivity contribution in [1.82, 2.24) is 9.91 Å². The van der Waals surface area contributed by atoms with Crippen LogP contribution in [0.3, 0.4) is 0 Å². The van der Waals surface area contributed by atoms with Crippen molar-refractivity contribution in [1.29, 1.82) is 0 Å². The Morgan fingerprint density at radius 2 is 2.12 bits per heavy atom. The fraction of sp³-hybridized carbons (Fsp3) is 0.600. The molecular weight excluding hydrogens is 316 g/mol. The van der Waals surface area contributed by atoms with Crippen LogP contribution in [0, 0.1) is 10.1 Å². The summed E-state index contributed by atoms with van der Waals surface area (Å²) in [7, 11) is 0. The number of nitro groups is 1. The molecule has 2 rings (SSSR count). The van der Waals surface area contributed by atoms with Crippen LogP contribution in [-0.4, -0.2) is 59.4 Å². The summed E-state index contributed by atoms with van der Waals surface area (Å²) in [4.78, 5) is 24.0. The van der Waals surface area contributed by atoms with E-state index in [-0.39, 0.29) is 17.7 Å². The lowest BCUT2D eigenvalue weighted by atomic mass is 10.3. The van der Waals surface area contributed by atoms with E-state index >= 15 is 0 Å². The first-order valence-corrected chi connectivity index (χ1v) is 8.02. The molecule has 1 saturated heterocycles. The van der Waals surface area contributed by atoms with Crippen LogP contribution in [0.1, 0.15) is 32.4 Å². The molecule has 1 atom stereocenters. The average molecular weight is 338 g/mol. The zero-order chi connectivity index (χ0) is 17.5. The highest BCUT2D eigenvalue weighted by Crippen LogP contribution is 2.16. The highest BCUT2D eigenvalue weighted by molar-refractivity contribution is 5.78. The Morgan fingerprint density at radius 3 is 2.71 bits per heavy atom. The van der Waals surface area contributed by atoms with Crippen LogP contribution in [0.2, 0.25) is 0 Å². The number of carbonyl (C=O) groups is 1. The maximum atomic E-state index is 11.8. The summed E-state index contributed by atoms with van der Waals surface area (Å²) in [6.45, 7) is 7.17. The maximum Gasteiger partial charge on any atom is 0.433 e. The zero-order valence-electron chi connectivity index (χ0n) is 13.9. The minimum atomic E-state index is -0.631. The van der Waals surface area contributed by atoms with E-state index in [2.05, 4.69) is 23.8 Å². The Balaban J connectivity index is 1.91. The standard InChI is InChI=1S/C15H22N4O5/c1-3-7-17(8-4-2)10-13-11-18(15(20)24-13)16-9-12-5-6-14(23-12)19(21)22/h5-6,9,13H,3-4,7-8,10-11H2,1-2H3/b16-9+/t13-/m0/s1. The third kappa shape index (κ3) is 4.79. The van der Waals surface area contributed by atoms with Gasteiger partial charge in [0.2, 0.25) is 0 Å². The number of cyclic esters (lactones) is 1. The molecule has 0 N–H and O–H groups in total. The van der Waals surface area contributed by atoms with E-state index in [9.17, 15) is 14.9 Å². The van der Waals surface area contributed by atoms with Crippen molar-refractivity contribution in [3.63, 3.8) is 0 Å². The maximum absolute atomic E-state index is 11.8. The summed E-state index contributed by atoms with van der Waals surface area (Å²) in [5, 5.41) is 15.8. The summed E-state index contributed by atoms with van der Waals surface area (Å²) in [5.41, 5.74) is 0. The number of furan rings is 1. The van der Waals surface area contributed by atoms with Crippen LogP contribution in [0.4, 0.5) is 10.7 Å². The van der Waals surface area contributed by atoms with Gasteiger partial charge in [-0.05, 0) is 32.0 Å². The SMILES string of the molecule is CCCN(CCC)C[C@H]1CN(/N=C/c2ccc([N+](=O)[O-])o2)C(=O)O1. The molecule has 1 aliphatic heterocycles. The van der Waals surface area contributed by atoms with Gasteiger partial charge in [0.15, 0.2) is 5.76 Å². The van der Waals surface area contributed by atoms with E-state index in [1.165, 1.54) is 23.4 Å². The van der Waals surface area contributed by atoms with E-state index in [1.54, 1.807) is 0 Å². The van der Waals surface area contributed by atoms with Crippen LogP contribution in [0.25, 0.3) is 0 Å². The summed E-state index contributed by atoms with van der Waals surface area (Å²) < 4.78 is 10.3. The summed E-state index contributed by atoms with van der Waals surface area (Å²) in [5.74, 6) is -0.162. The third-order valence-corrected chi connectivity index (χ3v) is 3.51. The molecule has 9 nitrogen and oxygen atoms in total. The lowest BCUT2D eigenvalue weighted by Crippen LogP contribution is -2.35. The molecule has 1 aliphatic rings. The number of ether oxygens (including phenoxy) is 1. The second kappa shape index (κ2) is 8.44. The first-order valence-electron chi connectivity index (χ1n) is 8.02. The molecule has 0 saturated carbocycles. The molecule has 0 spiro atoms. The van der Waals surface area contributed by atoms with Gasteiger partial charge in [-0.15, -0.1) is 0 Å². The number of rotatable bonds is 9. The molecule has 1 aromatic heterocycles. The Bertz CT molecular complexity index is 594. The van der Waals surface area contributed by atoms with Crippen molar-refractivity contribution < 1.29 is 18.9 Å². The Hall–Kier alpha value is -2.42. The molecule has 0 aromatic carbocycles. The lowest BCUT2D eigenvalue weighted by molar-refractivity contribution is -0.402. The number of hydrazone groups is 1. The number of amides is 1. The monoisotopic (exact) mass is 338 g/mol. The second-order valence-electron chi connectivity index (χ2n) is 5.57. The van der Waals surface area contributed by atoms with Crippen molar-refractivity contribution >= 4 is 18.2 Å². The van der Waals surface area contributed by atoms with Gasteiger partial charge in [0, 0.05) is 6.54 Å². The average Bonchev–Trinajstić information content (AvgIpc) is 3.13. The molecule has 0 bridgehead atoms. The van der Waals surface area contributed by atoms with Crippen LogP contribution in [0.15, 0.2) is 21.7 Å². The van der Waals surface area contributed by atoms with Crippen molar-refractivity contribution in [3.05, 3.63) is 28.0 Å². The summed E-state index contributed by atoms with van der Waals surface area (Å²) in [6, 6.07) is 2.66. The lowest BCUT2D eigenvalue weighted by Gasteiger charge is -2.23. The molecule has 1 aromatic rings. The number of hydrogen-bond donors (Lipinski definition) is 0. The minimum absolute atomic E-state index is 0.205. The Morgan fingerprint density at radius 1 is 1.42 bits per heavy atom. The van der Waals surface area contributed by atoms with Crippen molar-refractivity contribution in [3.8, 4) is 0 Å². The van der Waals surface area contributed by atoms with Crippen LogP contribution >= 0.6 is 0 Å². The molecule has 9 heteroatoms. The van der Waals surface area contributed by atoms with Gasteiger partial charge in [-0.3, -0.25) is 15.0 Å². The molecule has 132 valence electrons. The van der Waals surface area contributed by atoms with Gasteiger partial charge in [0.25, 0.3) is 0 Å². The van der Waals surface area contributed by atoms with Gasteiger partial charge >= 0.3 is 12.0 Å². The van der Waals surface area contributed by atoms with Gasteiger partial charge in [-0.1, -0.05) is 13.8 Å². The topological polar surface area (TPSA) is 101 Å². The summed E-state index contributed by atoms with van der Waals surface area (Å²) >= 11 is 0. The first kappa shape index (κ1) is 17.9.